The maximum absolute atomic E-state index is 5.76. The Labute approximate surface area is 145 Å². The number of nitrogens with zero attached hydrogens (tertiary/aromatic N) is 2. The minimum Gasteiger partial charge on any atom is -0.497 e. The van der Waals surface area contributed by atoms with Gasteiger partial charge in [0.25, 0.3) is 5.89 Å². The summed E-state index contributed by atoms with van der Waals surface area (Å²) < 4.78 is 27.1. The first kappa shape index (κ1) is 16.6. The second-order valence-corrected chi connectivity index (χ2v) is 5.01. The molecule has 0 fully saturated rings. The Bertz CT molecular complexity index is 807. The fourth-order valence-corrected chi connectivity index (χ4v) is 2.26. The molecule has 0 aliphatic rings. The quantitative estimate of drug-likeness (QED) is 0.652. The van der Waals surface area contributed by atoms with Crippen LogP contribution in [-0.4, -0.2) is 31.5 Å². The summed E-state index contributed by atoms with van der Waals surface area (Å²) in [5.41, 5.74) is 0.800. The molecule has 0 bridgehead atoms. The van der Waals surface area contributed by atoms with Crippen molar-refractivity contribution in [2.75, 3.05) is 21.3 Å². The molecule has 1 aromatic heterocycles. The zero-order valence-corrected chi connectivity index (χ0v) is 14.2. The van der Waals surface area contributed by atoms with E-state index >= 15 is 0 Å². The molecule has 7 nitrogen and oxygen atoms in total. The lowest BCUT2D eigenvalue weighted by atomic mass is 10.2. The summed E-state index contributed by atoms with van der Waals surface area (Å²) >= 11 is 0. The van der Waals surface area contributed by atoms with Crippen LogP contribution in [0.2, 0.25) is 0 Å². The maximum atomic E-state index is 5.76. The number of hydrogen-bond acceptors (Lipinski definition) is 7. The first-order valence-corrected chi connectivity index (χ1v) is 7.55. The van der Waals surface area contributed by atoms with Crippen molar-refractivity contribution in [1.29, 1.82) is 0 Å². The maximum Gasteiger partial charge on any atom is 0.254 e. The largest absolute Gasteiger partial charge is 0.497 e. The van der Waals surface area contributed by atoms with Crippen molar-refractivity contribution >= 4 is 0 Å². The lowest BCUT2D eigenvalue weighted by Crippen LogP contribution is -2.00. The predicted molar refractivity (Wildman–Crippen MR) is 90.2 cm³/mol. The zero-order valence-electron chi connectivity index (χ0n) is 14.2. The molecule has 0 aliphatic carbocycles. The van der Waals surface area contributed by atoms with Crippen LogP contribution in [0.1, 0.15) is 5.89 Å². The normalized spacial score (nSPS) is 10.4. The highest BCUT2D eigenvalue weighted by atomic mass is 16.5. The van der Waals surface area contributed by atoms with E-state index in [0.29, 0.717) is 29.0 Å². The van der Waals surface area contributed by atoms with Crippen LogP contribution in [0.5, 0.6) is 23.0 Å². The molecule has 0 aliphatic heterocycles. The van der Waals surface area contributed by atoms with Gasteiger partial charge in [0, 0.05) is 5.56 Å². The Morgan fingerprint density at radius 3 is 2.12 bits per heavy atom. The van der Waals surface area contributed by atoms with Gasteiger partial charge >= 0.3 is 0 Å². The number of aromatic nitrogens is 2. The fraction of sp³-hybridized carbons (Fsp3) is 0.222. The van der Waals surface area contributed by atoms with E-state index in [1.165, 1.54) is 0 Å². The average molecular weight is 342 g/mol. The minimum absolute atomic E-state index is 0.0971. The third-order valence-corrected chi connectivity index (χ3v) is 3.53. The molecule has 7 heteroatoms. The van der Waals surface area contributed by atoms with Crippen molar-refractivity contribution in [2.24, 2.45) is 0 Å². The van der Waals surface area contributed by atoms with Gasteiger partial charge in [-0.05, 0) is 36.4 Å². The highest BCUT2D eigenvalue weighted by Crippen LogP contribution is 2.37. The van der Waals surface area contributed by atoms with E-state index in [2.05, 4.69) is 10.2 Å². The highest BCUT2D eigenvalue weighted by Gasteiger charge is 2.14. The SMILES string of the molecule is COc1ccc(-c2nnc(COc3c(OC)cccc3OC)o2)cc1. The lowest BCUT2D eigenvalue weighted by Gasteiger charge is -2.12. The molecule has 2 aromatic carbocycles. The summed E-state index contributed by atoms with van der Waals surface area (Å²) in [6, 6.07) is 12.7. The second-order valence-electron chi connectivity index (χ2n) is 5.01. The molecule has 0 radical (unpaired) electrons. The number of rotatable bonds is 7. The van der Waals surface area contributed by atoms with Gasteiger partial charge in [-0.25, -0.2) is 0 Å². The van der Waals surface area contributed by atoms with Crippen LogP contribution in [0.3, 0.4) is 0 Å². The zero-order chi connectivity index (χ0) is 17.6. The molecule has 0 atom stereocenters. The molecular formula is C18H18N2O5. The molecular weight excluding hydrogens is 324 g/mol. The van der Waals surface area contributed by atoms with Gasteiger partial charge in [-0.2, -0.15) is 0 Å². The summed E-state index contributed by atoms with van der Waals surface area (Å²) in [6.45, 7) is 0.0971. The summed E-state index contributed by atoms with van der Waals surface area (Å²) in [6.07, 6.45) is 0. The Hall–Kier alpha value is -3.22. The monoisotopic (exact) mass is 342 g/mol. The Balaban J connectivity index is 1.74. The number of ether oxygens (including phenoxy) is 4. The molecule has 0 N–H and O–H groups in total. The molecule has 1 heterocycles. The van der Waals surface area contributed by atoms with Crippen LogP contribution in [0, 0.1) is 0 Å². The van der Waals surface area contributed by atoms with Crippen molar-refractivity contribution < 1.29 is 23.4 Å². The Morgan fingerprint density at radius 1 is 0.840 bits per heavy atom. The fourth-order valence-electron chi connectivity index (χ4n) is 2.26. The van der Waals surface area contributed by atoms with Crippen molar-refractivity contribution in [3.05, 3.63) is 48.4 Å². The smallest absolute Gasteiger partial charge is 0.254 e. The van der Waals surface area contributed by atoms with Crippen LogP contribution in [0.15, 0.2) is 46.9 Å². The van der Waals surface area contributed by atoms with E-state index in [0.717, 1.165) is 11.3 Å². The minimum atomic E-state index is 0.0971. The molecule has 0 amide bonds. The number of methoxy groups -OCH3 is 3. The van der Waals surface area contributed by atoms with Gasteiger partial charge < -0.3 is 23.4 Å². The van der Waals surface area contributed by atoms with E-state index in [1.54, 1.807) is 33.5 Å². The van der Waals surface area contributed by atoms with Crippen molar-refractivity contribution in [3.63, 3.8) is 0 Å². The number of hydrogen-bond donors (Lipinski definition) is 0. The van der Waals surface area contributed by atoms with Crippen LogP contribution >= 0.6 is 0 Å². The standard InChI is InChI=1S/C18H18N2O5/c1-21-13-9-7-12(8-10-13)18-20-19-16(25-18)11-24-17-14(22-2)5-4-6-15(17)23-3/h4-10H,11H2,1-3H3. The number of benzene rings is 2. The van der Waals surface area contributed by atoms with Gasteiger partial charge in [-0.1, -0.05) is 6.07 Å². The second kappa shape index (κ2) is 7.57. The highest BCUT2D eigenvalue weighted by molar-refractivity contribution is 5.54. The Morgan fingerprint density at radius 2 is 1.52 bits per heavy atom. The van der Waals surface area contributed by atoms with Gasteiger partial charge in [0.15, 0.2) is 18.1 Å². The molecule has 25 heavy (non-hydrogen) atoms. The van der Waals surface area contributed by atoms with Gasteiger partial charge in [0.05, 0.1) is 21.3 Å². The van der Waals surface area contributed by atoms with Crippen molar-refractivity contribution in [3.8, 4) is 34.5 Å². The topological polar surface area (TPSA) is 75.8 Å². The number of para-hydroxylation sites is 1. The third kappa shape index (κ3) is 3.65. The van der Waals surface area contributed by atoms with Gasteiger partial charge in [0.2, 0.25) is 11.6 Å². The van der Waals surface area contributed by atoms with Crippen molar-refractivity contribution in [1.82, 2.24) is 10.2 Å². The van der Waals surface area contributed by atoms with E-state index in [1.807, 2.05) is 30.3 Å². The first-order chi connectivity index (χ1) is 12.2. The van der Waals surface area contributed by atoms with Gasteiger partial charge in [0.1, 0.15) is 5.75 Å². The van der Waals surface area contributed by atoms with E-state index in [4.69, 9.17) is 23.4 Å². The average Bonchev–Trinajstić information content (AvgIpc) is 3.15. The molecule has 130 valence electrons. The van der Waals surface area contributed by atoms with Crippen molar-refractivity contribution in [2.45, 2.75) is 6.61 Å². The molecule has 0 spiro atoms. The van der Waals surface area contributed by atoms with Crippen LogP contribution in [0.4, 0.5) is 0 Å². The first-order valence-electron chi connectivity index (χ1n) is 7.55. The molecule has 0 unspecified atom stereocenters. The summed E-state index contributed by atoms with van der Waals surface area (Å²) in [5, 5.41) is 8.05. The lowest BCUT2D eigenvalue weighted by molar-refractivity contribution is 0.238. The van der Waals surface area contributed by atoms with E-state index in [-0.39, 0.29) is 6.61 Å². The van der Waals surface area contributed by atoms with Crippen LogP contribution < -0.4 is 18.9 Å². The Kier molecular flexibility index (Phi) is 5.03. The molecule has 0 saturated carbocycles. The van der Waals surface area contributed by atoms with Gasteiger partial charge in [-0.15, -0.1) is 10.2 Å². The van der Waals surface area contributed by atoms with Gasteiger partial charge in [-0.3, -0.25) is 0 Å². The van der Waals surface area contributed by atoms with Crippen LogP contribution in [0.25, 0.3) is 11.5 Å². The van der Waals surface area contributed by atoms with Crippen LogP contribution in [-0.2, 0) is 6.61 Å². The van der Waals surface area contributed by atoms with E-state index < -0.39 is 0 Å². The molecule has 3 aromatic rings. The predicted octanol–water partition coefficient (Wildman–Crippen LogP) is 3.34. The van der Waals surface area contributed by atoms with E-state index in [9.17, 15) is 0 Å². The molecule has 0 saturated heterocycles. The summed E-state index contributed by atoms with van der Waals surface area (Å²) in [4.78, 5) is 0. The summed E-state index contributed by atoms with van der Waals surface area (Å²) in [5.74, 6) is 3.13. The molecule has 3 rings (SSSR count). The summed E-state index contributed by atoms with van der Waals surface area (Å²) in [7, 11) is 4.75. The third-order valence-electron chi connectivity index (χ3n) is 3.53.